The lowest BCUT2D eigenvalue weighted by atomic mass is 10.3. The van der Waals surface area contributed by atoms with Gasteiger partial charge in [0.15, 0.2) is 0 Å². The maximum Gasteiger partial charge on any atom is 0.122 e. The Hall–Kier alpha value is -1.07. The second kappa shape index (κ2) is 5.86. The predicted octanol–water partition coefficient (Wildman–Crippen LogP) is 2.98. The molecule has 0 atom stereocenters. The van der Waals surface area contributed by atoms with Crippen LogP contribution in [0.15, 0.2) is 29.9 Å². The fourth-order valence-corrected chi connectivity index (χ4v) is 2.87. The van der Waals surface area contributed by atoms with E-state index in [9.17, 15) is 0 Å². The summed E-state index contributed by atoms with van der Waals surface area (Å²) in [5.74, 6) is 2.69. The van der Waals surface area contributed by atoms with Crippen molar-refractivity contribution >= 4 is 23.1 Å². The summed E-state index contributed by atoms with van der Waals surface area (Å²) in [6, 6.07) is 3.82. The van der Waals surface area contributed by atoms with Gasteiger partial charge in [-0.2, -0.15) is 0 Å². The van der Waals surface area contributed by atoms with Gasteiger partial charge >= 0.3 is 0 Å². The molecule has 84 valence electrons. The van der Waals surface area contributed by atoms with Gasteiger partial charge in [0.1, 0.15) is 10.8 Å². The molecule has 0 aromatic carbocycles. The van der Waals surface area contributed by atoms with E-state index in [0.717, 1.165) is 28.0 Å². The van der Waals surface area contributed by atoms with E-state index in [1.54, 1.807) is 24.6 Å². The van der Waals surface area contributed by atoms with Crippen LogP contribution in [0.25, 0.3) is 0 Å². The van der Waals surface area contributed by atoms with Crippen molar-refractivity contribution in [2.24, 2.45) is 0 Å². The summed E-state index contributed by atoms with van der Waals surface area (Å²) in [5, 5.41) is 3.16. The SMILES string of the molecule is COc1ccnc(CSCc2nccs2)c1. The highest BCUT2D eigenvalue weighted by Gasteiger charge is 2.00. The van der Waals surface area contributed by atoms with Crippen LogP contribution in [0.2, 0.25) is 0 Å². The first-order valence-electron chi connectivity index (χ1n) is 4.83. The Morgan fingerprint density at radius 2 is 2.25 bits per heavy atom. The Morgan fingerprint density at radius 1 is 1.31 bits per heavy atom. The fourth-order valence-electron chi connectivity index (χ4n) is 1.23. The quantitative estimate of drug-likeness (QED) is 0.819. The molecule has 0 saturated heterocycles. The van der Waals surface area contributed by atoms with Gasteiger partial charge in [0, 0.05) is 35.3 Å². The molecule has 0 aliphatic carbocycles. The van der Waals surface area contributed by atoms with Crippen molar-refractivity contribution in [2.75, 3.05) is 7.11 Å². The Bertz CT molecular complexity index is 431. The van der Waals surface area contributed by atoms with Gasteiger partial charge < -0.3 is 4.74 Å². The van der Waals surface area contributed by atoms with Crippen LogP contribution in [0.3, 0.4) is 0 Å². The highest BCUT2D eigenvalue weighted by molar-refractivity contribution is 7.97. The minimum atomic E-state index is 0.861. The normalized spacial score (nSPS) is 10.3. The van der Waals surface area contributed by atoms with Crippen LogP contribution in [0.4, 0.5) is 0 Å². The van der Waals surface area contributed by atoms with E-state index in [-0.39, 0.29) is 0 Å². The Labute approximate surface area is 103 Å². The third-order valence-corrected chi connectivity index (χ3v) is 3.92. The van der Waals surface area contributed by atoms with Crippen molar-refractivity contribution in [3.8, 4) is 5.75 Å². The van der Waals surface area contributed by atoms with Gasteiger partial charge in [0.2, 0.25) is 0 Å². The Kier molecular flexibility index (Phi) is 4.18. The van der Waals surface area contributed by atoms with E-state index in [0.29, 0.717) is 0 Å². The summed E-state index contributed by atoms with van der Waals surface area (Å²) in [7, 11) is 1.67. The molecular weight excluding hydrogens is 240 g/mol. The second-order valence-corrected chi connectivity index (χ2v) is 5.07. The van der Waals surface area contributed by atoms with Crippen molar-refractivity contribution in [1.29, 1.82) is 0 Å². The molecule has 3 nitrogen and oxygen atoms in total. The molecule has 0 saturated carbocycles. The first-order valence-corrected chi connectivity index (χ1v) is 6.87. The van der Waals surface area contributed by atoms with E-state index in [1.165, 1.54) is 0 Å². The molecule has 0 fully saturated rings. The largest absolute Gasteiger partial charge is 0.497 e. The van der Waals surface area contributed by atoms with Gasteiger partial charge in [-0.15, -0.1) is 23.1 Å². The summed E-state index contributed by atoms with van der Waals surface area (Å²) in [4.78, 5) is 8.52. The number of aromatic nitrogens is 2. The molecule has 0 aliphatic heterocycles. The molecule has 2 rings (SSSR count). The fraction of sp³-hybridized carbons (Fsp3) is 0.273. The molecule has 0 unspecified atom stereocenters. The minimum absolute atomic E-state index is 0.861. The third kappa shape index (κ3) is 3.21. The van der Waals surface area contributed by atoms with E-state index in [2.05, 4.69) is 9.97 Å². The molecule has 2 heterocycles. The van der Waals surface area contributed by atoms with Crippen LogP contribution >= 0.6 is 23.1 Å². The summed E-state index contributed by atoms with van der Waals surface area (Å²) in [5.41, 5.74) is 1.04. The minimum Gasteiger partial charge on any atom is -0.497 e. The molecule has 0 N–H and O–H groups in total. The molecular formula is C11H12N2OS2. The molecule has 0 amide bonds. The molecule has 16 heavy (non-hydrogen) atoms. The van der Waals surface area contributed by atoms with E-state index < -0.39 is 0 Å². The van der Waals surface area contributed by atoms with Crippen molar-refractivity contribution in [1.82, 2.24) is 9.97 Å². The number of rotatable bonds is 5. The maximum atomic E-state index is 5.15. The first kappa shape index (κ1) is 11.4. The zero-order valence-electron chi connectivity index (χ0n) is 8.92. The van der Waals surface area contributed by atoms with Crippen molar-refractivity contribution < 1.29 is 4.74 Å². The maximum absolute atomic E-state index is 5.15. The number of thiazole rings is 1. The van der Waals surface area contributed by atoms with Crippen molar-refractivity contribution in [3.63, 3.8) is 0 Å². The summed E-state index contributed by atoms with van der Waals surface area (Å²) in [6.45, 7) is 0. The smallest absolute Gasteiger partial charge is 0.122 e. The van der Waals surface area contributed by atoms with Crippen LogP contribution in [-0.2, 0) is 11.5 Å². The highest BCUT2D eigenvalue weighted by atomic mass is 32.2. The van der Waals surface area contributed by atoms with Gasteiger partial charge in [-0.05, 0) is 6.07 Å². The van der Waals surface area contributed by atoms with Gasteiger partial charge in [-0.3, -0.25) is 4.98 Å². The average Bonchev–Trinajstić information content (AvgIpc) is 2.82. The molecule has 2 aromatic heterocycles. The number of thioether (sulfide) groups is 1. The predicted molar refractivity (Wildman–Crippen MR) is 67.9 cm³/mol. The molecule has 0 radical (unpaired) electrons. The molecule has 0 aliphatic rings. The summed E-state index contributed by atoms with van der Waals surface area (Å²) in [6.07, 6.45) is 3.61. The highest BCUT2D eigenvalue weighted by Crippen LogP contribution is 2.20. The van der Waals surface area contributed by atoms with Crippen LogP contribution in [-0.4, -0.2) is 17.1 Å². The van der Waals surface area contributed by atoms with Gasteiger partial charge in [-0.1, -0.05) is 0 Å². The van der Waals surface area contributed by atoms with Crippen molar-refractivity contribution in [2.45, 2.75) is 11.5 Å². The number of hydrogen-bond donors (Lipinski definition) is 0. The number of nitrogens with zero attached hydrogens (tertiary/aromatic N) is 2. The van der Waals surface area contributed by atoms with E-state index >= 15 is 0 Å². The van der Waals surface area contributed by atoms with E-state index in [4.69, 9.17) is 4.74 Å². The lowest BCUT2D eigenvalue weighted by Crippen LogP contribution is -1.89. The zero-order chi connectivity index (χ0) is 11.2. The standard InChI is InChI=1S/C11H12N2OS2/c1-14-10-2-3-12-9(6-10)7-15-8-11-13-4-5-16-11/h2-6H,7-8H2,1H3. The van der Waals surface area contributed by atoms with Crippen LogP contribution in [0.1, 0.15) is 10.7 Å². The summed E-state index contributed by atoms with van der Waals surface area (Å²) >= 11 is 3.50. The molecule has 0 spiro atoms. The lowest BCUT2D eigenvalue weighted by Gasteiger charge is -2.02. The number of hydrogen-bond acceptors (Lipinski definition) is 5. The van der Waals surface area contributed by atoms with Crippen LogP contribution in [0, 0.1) is 0 Å². The number of pyridine rings is 1. The second-order valence-electron chi connectivity index (χ2n) is 3.11. The van der Waals surface area contributed by atoms with Crippen molar-refractivity contribution in [3.05, 3.63) is 40.6 Å². The summed E-state index contributed by atoms with van der Waals surface area (Å²) < 4.78 is 5.15. The van der Waals surface area contributed by atoms with E-state index in [1.807, 2.05) is 35.5 Å². The van der Waals surface area contributed by atoms with Gasteiger partial charge in [0.25, 0.3) is 0 Å². The number of methoxy groups -OCH3 is 1. The van der Waals surface area contributed by atoms with Crippen LogP contribution in [0.5, 0.6) is 5.75 Å². The molecule has 2 aromatic rings. The topological polar surface area (TPSA) is 35.0 Å². The number of ether oxygens (including phenoxy) is 1. The molecule has 0 bridgehead atoms. The monoisotopic (exact) mass is 252 g/mol. The lowest BCUT2D eigenvalue weighted by molar-refractivity contribution is 0.413. The Morgan fingerprint density at radius 3 is 3.00 bits per heavy atom. The average molecular weight is 252 g/mol. The third-order valence-electron chi connectivity index (χ3n) is 1.98. The van der Waals surface area contributed by atoms with Gasteiger partial charge in [-0.25, -0.2) is 4.98 Å². The Balaban J connectivity index is 1.85. The first-order chi connectivity index (χ1) is 7.88. The van der Waals surface area contributed by atoms with Crippen LogP contribution < -0.4 is 4.74 Å². The zero-order valence-corrected chi connectivity index (χ0v) is 10.6. The molecule has 5 heteroatoms. The van der Waals surface area contributed by atoms with Gasteiger partial charge in [0.05, 0.1) is 12.8 Å².